The van der Waals surface area contributed by atoms with Crippen molar-refractivity contribution in [3.05, 3.63) is 0 Å². The van der Waals surface area contributed by atoms with E-state index in [-0.39, 0.29) is 24.7 Å². The zero-order valence-corrected chi connectivity index (χ0v) is 8.70. The molecule has 1 atom stereocenters. The third-order valence-corrected chi connectivity index (χ3v) is 2.31. The van der Waals surface area contributed by atoms with E-state index in [0.717, 1.165) is 0 Å². The molecule has 2 amide bonds. The Kier molecular flexibility index (Phi) is 2.69. The average molecular weight is 200 g/mol. The zero-order valence-electron chi connectivity index (χ0n) is 8.70. The second-order valence-corrected chi connectivity index (χ2v) is 4.50. The molecule has 14 heavy (non-hydrogen) atoms. The van der Waals surface area contributed by atoms with Gasteiger partial charge < -0.3 is 15.3 Å². The van der Waals surface area contributed by atoms with Crippen LogP contribution in [-0.4, -0.2) is 40.6 Å². The van der Waals surface area contributed by atoms with Gasteiger partial charge in [0.2, 0.25) is 0 Å². The van der Waals surface area contributed by atoms with Gasteiger partial charge in [-0.25, -0.2) is 4.79 Å². The van der Waals surface area contributed by atoms with Gasteiger partial charge >= 0.3 is 12.0 Å². The summed E-state index contributed by atoms with van der Waals surface area (Å²) in [7, 11) is 0. The minimum Gasteiger partial charge on any atom is -0.481 e. The Bertz CT molecular complexity index is 257. The molecule has 80 valence electrons. The smallest absolute Gasteiger partial charge is 0.317 e. The molecule has 0 saturated carbocycles. The zero-order chi connectivity index (χ0) is 10.9. The summed E-state index contributed by atoms with van der Waals surface area (Å²) in [5, 5.41) is 11.4. The van der Waals surface area contributed by atoms with E-state index in [4.69, 9.17) is 5.11 Å². The van der Waals surface area contributed by atoms with E-state index in [1.165, 1.54) is 0 Å². The maximum absolute atomic E-state index is 11.4. The fraction of sp³-hybridized carbons (Fsp3) is 0.778. The van der Waals surface area contributed by atoms with Crippen LogP contribution >= 0.6 is 0 Å². The van der Waals surface area contributed by atoms with Gasteiger partial charge in [-0.2, -0.15) is 0 Å². The summed E-state index contributed by atoms with van der Waals surface area (Å²) in [6.45, 7) is 6.16. The molecule has 1 aliphatic heterocycles. The number of carboxylic acids is 1. The lowest BCUT2D eigenvalue weighted by molar-refractivity contribution is -0.142. The predicted molar refractivity (Wildman–Crippen MR) is 51.0 cm³/mol. The summed E-state index contributed by atoms with van der Waals surface area (Å²) in [6, 6.07) is -0.185. The number of urea groups is 1. The van der Waals surface area contributed by atoms with Crippen molar-refractivity contribution < 1.29 is 14.7 Å². The molecular weight excluding hydrogens is 184 g/mol. The predicted octanol–water partition coefficient (Wildman–Crippen LogP) is 0.511. The van der Waals surface area contributed by atoms with Crippen LogP contribution < -0.4 is 5.32 Å². The number of carboxylic acid groups (broad SMARTS) is 1. The van der Waals surface area contributed by atoms with Crippen LogP contribution in [0.5, 0.6) is 0 Å². The third-order valence-electron chi connectivity index (χ3n) is 2.31. The third kappa shape index (κ3) is 2.16. The number of aliphatic carboxylic acids is 1. The first-order chi connectivity index (χ1) is 6.32. The molecule has 1 rings (SSSR count). The van der Waals surface area contributed by atoms with Gasteiger partial charge in [-0.1, -0.05) is 0 Å². The van der Waals surface area contributed by atoms with Crippen LogP contribution in [0, 0.1) is 5.92 Å². The number of amides is 2. The Morgan fingerprint density at radius 1 is 1.57 bits per heavy atom. The van der Waals surface area contributed by atoms with Gasteiger partial charge in [-0.05, 0) is 20.8 Å². The van der Waals surface area contributed by atoms with Gasteiger partial charge in [0.05, 0.1) is 5.92 Å². The molecule has 0 aromatic rings. The Labute approximate surface area is 83.1 Å². The summed E-state index contributed by atoms with van der Waals surface area (Å²) in [5.41, 5.74) is -0.335. The Morgan fingerprint density at radius 3 is 2.57 bits per heavy atom. The van der Waals surface area contributed by atoms with E-state index in [9.17, 15) is 9.59 Å². The van der Waals surface area contributed by atoms with Gasteiger partial charge in [-0.3, -0.25) is 4.79 Å². The van der Waals surface area contributed by atoms with Crippen LogP contribution in [0.15, 0.2) is 0 Å². The number of rotatable bonds is 1. The van der Waals surface area contributed by atoms with Crippen molar-refractivity contribution in [1.82, 2.24) is 10.2 Å². The van der Waals surface area contributed by atoms with Gasteiger partial charge in [0, 0.05) is 18.6 Å². The average Bonchev–Trinajstić information content (AvgIpc) is 2.02. The van der Waals surface area contributed by atoms with Crippen molar-refractivity contribution in [2.45, 2.75) is 26.3 Å². The molecule has 2 N–H and O–H groups in total. The Hall–Kier alpha value is -1.26. The number of carbonyl (C=O) groups excluding carboxylic acids is 1. The molecule has 5 nitrogen and oxygen atoms in total. The molecule has 1 saturated heterocycles. The molecule has 0 spiro atoms. The van der Waals surface area contributed by atoms with Gasteiger partial charge in [-0.15, -0.1) is 0 Å². The Morgan fingerprint density at radius 2 is 2.14 bits per heavy atom. The molecule has 0 aromatic heterocycles. The second-order valence-electron chi connectivity index (χ2n) is 4.50. The minimum absolute atomic E-state index is 0.185. The van der Waals surface area contributed by atoms with Gasteiger partial charge in [0.25, 0.3) is 0 Å². The number of nitrogens with zero attached hydrogens (tertiary/aromatic N) is 1. The van der Waals surface area contributed by atoms with Crippen LogP contribution in [0.2, 0.25) is 0 Å². The van der Waals surface area contributed by atoms with Crippen LogP contribution in [-0.2, 0) is 4.79 Å². The highest BCUT2D eigenvalue weighted by Gasteiger charge is 2.35. The highest BCUT2D eigenvalue weighted by atomic mass is 16.4. The Balaban J connectivity index is 2.74. The highest BCUT2D eigenvalue weighted by Crippen LogP contribution is 2.18. The van der Waals surface area contributed by atoms with Gasteiger partial charge in [0.1, 0.15) is 0 Å². The summed E-state index contributed by atoms with van der Waals surface area (Å²) < 4.78 is 0. The first-order valence-corrected chi connectivity index (χ1v) is 4.60. The number of carbonyl (C=O) groups is 2. The highest BCUT2D eigenvalue weighted by molar-refractivity contribution is 5.79. The summed E-state index contributed by atoms with van der Waals surface area (Å²) >= 11 is 0. The fourth-order valence-corrected chi connectivity index (χ4v) is 1.42. The lowest BCUT2D eigenvalue weighted by Gasteiger charge is -2.40. The van der Waals surface area contributed by atoms with Crippen molar-refractivity contribution in [2.24, 2.45) is 5.92 Å². The molecule has 5 heteroatoms. The van der Waals surface area contributed by atoms with Crippen LogP contribution in [0.3, 0.4) is 0 Å². The maximum atomic E-state index is 11.4. The summed E-state index contributed by atoms with van der Waals surface area (Å²) in [4.78, 5) is 23.7. The van der Waals surface area contributed by atoms with Crippen LogP contribution in [0.4, 0.5) is 4.79 Å². The van der Waals surface area contributed by atoms with Crippen molar-refractivity contribution in [2.75, 3.05) is 13.1 Å². The molecule has 1 heterocycles. The number of hydrogen-bond donors (Lipinski definition) is 2. The van der Waals surface area contributed by atoms with Crippen molar-refractivity contribution in [3.63, 3.8) is 0 Å². The summed E-state index contributed by atoms with van der Waals surface area (Å²) in [5.74, 6) is -1.37. The summed E-state index contributed by atoms with van der Waals surface area (Å²) in [6.07, 6.45) is 0. The van der Waals surface area contributed by atoms with E-state index in [0.29, 0.717) is 0 Å². The van der Waals surface area contributed by atoms with E-state index in [1.807, 2.05) is 20.8 Å². The molecule has 1 fully saturated rings. The topological polar surface area (TPSA) is 69.6 Å². The van der Waals surface area contributed by atoms with E-state index < -0.39 is 11.9 Å². The SMILES string of the molecule is CC(C)(C)N1CC(C(=O)O)CNC1=O. The van der Waals surface area contributed by atoms with Crippen molar-refractivity contribution >= 4 is 12.0 Å². The van der Waals surface area contributed by atoms with Crippen molar-refractivity contribution in [1.29, 1.82) is 0 Å². The molecule has 0 bridgehead atoms. The van der Waals surface area contributed by atoms with E-state index in [1.54, 1.807) is 4.90 Å². The van der Waals surface area contributed by atoms with Crippen LogP contribution in [0.25, 0.3) is 0 Å². The first kappa shape index (κ1) is 10.8. The monoisotopic (exact) mass is 200 g/mol. The van der Waals surface area contributed by atoms with Gasteiger partial charge in [0.15, 0.2) is 0 Å². The molecular formula is C9H16N2O3. The van der Waals surface area contributed by atoms with Crippen LogP contribution in [0.1, 0.15) is 20.8 Å². The van der Waals surface area contributed by atoms with Crippen molar-refractivity contribution in [3.8, 4) is 0 Å². The quantitative estimate of drug-likeness (QED) is 0.648. The maximum Gasteiger partial charge on any atom is 0.317 e. The normalized spacial score (nSPS) is 23.2. The molecule has 1 unspecified atom stereocenters. The largest absolute Gasteiger partial charge is 0.481 e. The van der Waals surface area contributed by atoms with E-state index >= 15 is 0 Å². The second kappa shape index (κ2) is 3.48. The molecule has 0 radical (unpaired) electrons. The molecule has 0 aromatic carbocycles. The standard InChI is InChI=1S/C9H16N2O3/c1-9(2,3)11-5-6(7(12)13)4-10-8(11)14/h6H,4-5H2,1-3H3,(H,10,14)(H,12,13). The first-order valence-electron chi connectivity index (χ1n) is 4.60. The minimum atomic E-state index is -0.862. The molecule has 1 aliphatic rings. The lowest BCUT2D eigenvalue weighted by Crippen LogP contribution is -2.59. The number of hydrogen-bond acceptors (Lipinski definition) is 2. The fourth-order valence-electron chi connectivity index (χ4n) is 1.42. The number of nitrogens with one attached hydrogen (secondary N) is 1. The van der Waals surface area contributed by atoms with E-state index in [2.05, 4.69) is 5.32 Å². The molecule has 0 aliphatic carbocycles. The lowest BCUT2D eigenvalue weighted by atomic mass is 10.0.